The zero-order chi connectivity index (χ0) is 13.0. The molecular weight excluding hydrogens is 226 g/mol. The van der Waals surface area contributed by atoms with Crippen LogP contribution in [0.4, 0.5) is 0 Å². The molecule has 1 aromatic carbocycles. The molecule has 0 heterocycles. The Kier molecular flexibility index (Phi) is 4.61. The minimum atomic E-state index is 0.278. The molecule has 2 atom stereocenters. The van der Waals surface area contributed by atoms with Gasteiger partial charge in [0.1, 0.15) is 5.75 Å². The van der Waals surface area contributed by atoms with Crippen molar-refractivity contribution >= 4 is 0 Å². The van der Waals surface area contributed by atoms with E-state index in [2.05, 4.69) is 18.3 Å². The molecule has 0 aliphatic heterocycles. The van der Waals surface area contributed by atoms with Crippen LogP contribution >= 0.6 is 0 Å². The number of nitrogens with one attached hydrogen (secondary N) is 1. The maximum absolute atomic E-state index is 9.77. The van der Waals surface area contributed by atoms with Crippen LogP contribution in [0.2, 0.25) is 0 Å². The average Bonchev–Trinajstić information content (AvgIpc) is 2.79. The van der Waals surface area contributed by atoms with Gasteiger partial charge in [0, 0.05) is 12.6 Å². The minimum Gasteiger partial charge on any atom is -0.508 e. The van der Waals surface area contributed by atoms with E-state index in [1.165, 1.54) is 5.56 Å². The highest BCUT2D eigenvalue weighted by molar-refractivity contribution is 5.44. The summed E-state index contributed by atoms with van der Waals surface area (Å²) < 4.78 is 0. The van der Waals surface area contributed by atoms with Crippen molar-refractivity contribution in [1.82, 2.24) is 5.32 Å². The van der Waals surface area contributed by atoms with Gasteiger partial charge in [-0.1, -0.05) is 19.1 Å². The van der Waals surface area contributed by atoms with Crippen LogP contribution in [-0.4, -0.2) is 23.4 Å². The first kappa shape index (κ1) is 13.4. The van der Waals surface area contributed by atoms with E-state index >= 15 is 0 Å². The smallest absolute Gasteiger partial charge is 0.119 e. The Labute approximate surface area is 109 Å². The Bertz CT molecular complexity index is 392. The van der Waals surface area contributed by atoms with Crippen LogP contribution in [0.3, 0.4) is 0 Å². The number of aliphatic hydroxyl groups excluding tert-OH is 1. The van der Waals surface area contributed by atoms with Crippen LogP contribution in [0.25, 0.3) is 0 Å². The molecule has 0 fully saturated rings. The molecule has 0 amide bonds. The van der Waals surface area contributed by atoms with Gasteiger partial charge in [-0.2, -0.15) is 0 Å². The summed E-state index contributed by atoms with van der Waals surface area (Å²) in [6.45, 7) is 3.33. The molecule has 0 aromatic heterocycles. The summed E-state index contributed by atoms with van der Waals surface area (Å²) >= 11 is 0. The number of phenolic OH excluding ortho intramolecular Hbond substituents is 1. The Morgan fingerprint density at radius 3 is 3.06 bits per heavy atom. The van der Waals surface area contributed by atoms with Crippen molar-refractivity contribution in [2.24, 2.45) is 5.92 Å². The zero-order valence-electron chi connectivity index (χ0n) is 11.0. The Hall–Kier alpha value is -1.06. The van der Waals surface area contributed by atoms with Crippen LogP contribution < -0.4 is 5.32 Å². The third-order valence-corrected chi connectivity index (χ3v) is 3.82. The molecule has 0 saturated heterocycles. The number of phenols is 1. The van der Waals surface area contributed by atoms with Crippen molar-refractivity contribution in [1.29, 1.82) is 0 Å². The number of hydrogen-bond donors (Lipinski definition) is 3. The fourth-order valence-electron chi connectivity index (χ4n) is 2.67. The first-order valence-electron chi connectivity index (χ1n) is 6.87. The molecular formula is C15H23NO2. The van der Waals surface area contributed by atoms with Crippen LogP contribution in [0.15, 0.2) is 18.2 Å². The number of fused-ring (bicyclic) bond motifs is 1. The molecule has 0 radical (unpaired) electrons. The van der Waals surface area contributed by atoms with Crippen molar-refractivity contribution in [2.45, 2.75) is 38.6 Å². The monoisotopic (exact) mass is 249 g/mol. The predicted octanol–water partition coefficient (Wildman–Crippen LogP) is 2.38. The van der Waals surface area contributed by atoms with Gasteiger partial charge in [0.05, 0.1) is 0 Å². The molecule has 0 spiro atoms. The standard InChI is InChI=1S/C15H23NO2/c1-11(10-17)4-3-9-16-14-8-7-13-12(14)5-2-6-15(13)18/h2,5-6,11,14,16-18H,3-4,7-10H2,1H3. The van der Waals surface area contributed by atoms with Gasteiger partial charge >= 0.3 is 0 Å². The molecule has 0 bridgehead atoms. The van der Waals surface area contributed by atoms with E-state index in [1.54, 1.807) is 6.07 Å². The lowest BCUT2D eigenvalue weighted by Crippen LogP contribution is -2.21. The molecule has 18 heavy (non-hydrogen) atoms. The van der Waals surface area contributed by atoms with E-state index in [1.807, 2.05) is 6.07 Å². The summed E-state index contributed by atoms with van der Waals surface area (Å²) in [4.78, 5) is 0. The molecule has 2 rings (SSSR count). The number of hydrogen-bond acceptors (Lipinski definition) is 3. The van der Waals surface area contributed by atoms with Gasteiger partial charge in [0.2, 0.25) is 0 Å². The topological polar surface area (TPSA) is 52.5 Å². The molecule has 3 nitrogen and oxygen atoms in total. The first-order chi connectivity index (χ1) is 8.72. The number of aromatic hydroxyl groups is 1. The second-order valence-electron chi connectivity index (χ2n) is 5.32. The van der Waals surface area contributed by atoms with E-state index in [4.69, 9.17) is 5.11 Å². The van der Waals surface area contributed by atoms with Crippen molar-refractivity contribution in [3.05, 3.63) is 29.3 Å². The lowest BCUT2D eigenvalue weighted by Gasteiger charge is -2.15. The molecule has 0 saturated carbocycles. The third kappa shape index (κ3) is 3.03. The largest absolute Gasteiger partial charge is 0.508 e. The summed E-state index contributed by atoms with van der Waals surface area (Å²) in [7, 11) is 0. The summed E-state index contributed by atoms with van der Waals surface area (Å²) in [5, 5.41) is 22.3. The average molecular weight is 249 g/mol. The molecule has 3 N–H and O–H groups in total. The van der Waals surface area contributed by atoms with Crippen LogP contribution in [0.5, 0.6) is 5.75 Å². The second-order valence-corrected chi connectivity index (χ2v) is 5.32. The summed E-state index contributed by atoms with van der Waals surface area (Å²) in [5.74, 6) is 0.831. The molecule has 1 aliphatic carbocycles. The van der Waals surface area contributed by atoms with E-state index in [0.717, 1.165) is 37.8 Å². The Morgan fingerprint density at radius 2 is 2.28 bits per heavy atom. The summed E-state index contributed by atoms with van der Waals surface area (Å²) in [5.41, 5.74) is 2.36. The van der Waals surface area contributed by atoms with Gasteiger partial charge in [0.15, 0.2) is 0 Å². The fourth-order valence-corrected chi connectivity index (χ4v) is 2.67. The lowest BCUT2D eigenvalue weighted by atomic mass is 10.1. The highest BCUT2D eigenvalue weighted by Crippen LogP contribution is 2.36. The summed E-state index contributed by atoms with van der Waals surface area (Å²) in [6, 6.07) is 6.18. The van der Waals surface area contributed by atoms with Crippen LogP contribution in [-0.2, 0) is 6.42 Å². The molecule has 3 heteroatoms. The molecule has 2 unspecified atom stereocenters. The van der Waals surface area contributed by atoms with Gasteiger partial charge in [-0.15, -0.1) is 0 Å². The predicted molar refractivity (Wildman–Crippen MR) is 72.7 cm³/mol. The van der Waals surface area contributed by atoms with Crippen molar-refractivity contribution in [2.75, 3.05) is 13.2 Å². The SMILES string of the molecule is CC(CO)CCCNC1CCc2c(O)cccc21. The van der Waals surface area contributed by atoms with E-state index in [-0.39, 0.29) is 6.61 Å². The molecule has 1 aliphatic rings. The van der Waals surface area contributed by atoms with E-state index in [0.29, 0.717) is 17.7 Å². The normalized spacial score (nSPS) is 19.8. The van der Waals surface area contributed by atoms with Crippen LogP contribution in [0, 0.1) is 5.92 Å². The van der Waals surface area contributed by atoms with E-state index in [9.17, 15) is 5.11 Å². The van der Waals surface area contributed by atoms with Gasteiger partial charge in [-0.3, -0.25) is 0 Å². The number of rotatable bonds is 6. The van der Waals surface area contributed by atoms with Crippen LogP contribution in [0.1, 0.15) is 43.4 Å². The van der Waals surface area contributed by atoms with Crippen molar-refractivity contribution < 1.29 is 10.2 Å². The van der Waals surface area contributed by atoms with Crippen molar-refractivity contribution in [3.63, 3.8) is 0 Å². The maximum atomic E-state index is 9.77. The zero-order valence-corrected chi connectivity index (χ0v) is 11.0. The fraction of sp³-hybridized carbons (Fsp3) is 0.600. The van der Waals surface area contributed by atoms with Gasteiger partial charge in [0.25, 0.3) is 0 Å². The quantitative estimate of drug-likeness (QED) is 0.678. The lowest BCUT2D eigenvalue weighted by molar-refractivity contribution is 0.227. The molecule has 100 valence electrons. The summed E-state index contributed by atoms with van der Waals surface area (Å²) in [6.07, 6.45) is 4.19. The maximum Gasteiger partial charge on any atom is 0.119 e. The Morgan fingerprint density at radius 1 is 1.44 bits per heavy atom. The first-order valence-corrected chi connectivity index (χ1v) is 6.87. The second kappa shape index (κ2) is 6.21. The van der Waals surface area contributed by atoms with Gasteiger partial charge in [-0.05, 0) is 55.3 Å². The third-order valence-electron chi connectivity index (χ3n) is 3.82. The highest BCUT2D eigenvalue weighted by Gasteiger charge is 2.23. The van der Waals surface area contributed by atoms with Gasteiger partial charge < -0.3 is 15.5 Å². The van der Waals surface area contributed by atoms with Crippen molar-refractivity contribution in [3.8, 4) is 5.75 Å². The van der Waals surface area contributed by atoms with Gasteiger partial charge in [-0.25, -0.2) is 0 Å². The highest BCUT2D eigenvalue weighted by atomic mass is 16.3. The minimum absolute atomic E-state index is 0.278. The van der Waals surface area contributed by atoms with E-state index < -0.39 is 0 Å². The Balaban J connectivity index is 1.81. The number of aliphatic hydroxyl groups is 1. The molecule has 1 aromatic rings. The number of benzene rings is 1.